The van der Waals surface area contributed by atoms with Crippen molar-refractivity contribution in [2.45, 2.75) is 83.4 Å². The summed E-state index contributed by atoms with van der Waals surface area (Å²) in [6, 6.07) is 15.0. The van der Waals surface area contributed by atoms with Crippen LogP contribution in [0.1, 0.15) is 74.0 Å². The number of allylic oxidation sites excluding steroid dienone is 4. The summed E-state index contributed by atoms with van der Waals surface area (Å²) < 4.78 is 71.1. The summed E-state index contributed by atoms with van der Waals surface area (Å²) in [4.78, 5) is 15.6. The molecule has 9 rings (SSSR count). The van der Waals surface area contributed by atoms with Crippen molar-refractivity contribution in [3.05, 3.63) is 88.8 Å². The van der Waals surface area contributed by atoms with E-state index in [1.54, 1.807) is 0 Å². The van der Waals surface area contributed by atoms with Gasteiger partial charge in [-0.05, 0) is 97.4 Å². The Morgan fingerprint density at radius 1 is 0.981 bits per heavy atom. The molecule has 2 N–H and O–H groups in total. The highest BCUT2D eigenvalue weighted by molar-refractivity contribution is 7.88. The molecule has 278 valence electrons. The number of carbonyl (C=O) groups is 1. The largest absolute Gasteiger partial charge is 0.573 e. The van der Waals surface area contributed by atoms with Crippen LogP contribution in [0, 0.1) is 33.5 Å². The molecular weight excluding hydrogens is 712 g/mol. The van der Waals surface area contributed by atoms with E-state index in [2.05, 4.69) is 36.8 Å². The summed E-state index contributed by atoms with van der Waals surface area (Å²) in [5.74, 6) is -0.519. The van der Waals surface area contributed by atoms with Crippen molar-refractivity contribution < 1.29 is 41.3 Å². The number of thiophene rings is 1. The number of ether oxygens (including phenoxy) is 1. The van der Waals surface area contributed by atoms with Crippen LogP contribution in [0.25, 0.3) is 10.1 Å². The van der Waals surface area contributed by atoms with Crippen LogP contribution >= 0.6 is 11.3 Å². The molecule has 1 heterocycles. The van der Waals surface area contributed by atoms with E-state index in [0.29, 0.717) is 42.5 Å². The number of rotatable bonds is 8. The Morgan fingerprint density at radius 2 is 1.65 bits per heavy atom. The molecule has 6 aliphatic rings. The van der Waals surface area contributed by atoms with Gasteiger partial charge in [0.1, 0.15) is 5.75 Å². The molecular formula is C40H44F3NO6S2. The van der Waals surface area contributed by atoms with Gasteiger partial charge >= 0.3 is 6.36 Å². The number of aliphatic hydroxyl groups is 2. The Labute approximate surface area is 306 Å². The number of nitrogens with zero attached hydrogens (tertiary/aromatic N) is 1. The molecule has 0 aliphatic heterocycles. The maximum atomic E-state index is 15.0. The van der Waals surface area contributed by atoms with Crippen LogP contribution in [-0.2, 0) is 16.6 Å². The predicted molar refractivity (Wildman–Crippen MR) is 193 cm³/mol. The zero-order valence-corrected chi connectivity index (χ0v) is 31.1. The van der Waals surface area contributed by atoms with E-state index in [1.165, 1.54) is 27.8 Å². The number of sulfonamides is 1. The summed E-state index contributed by atoms with van der Waals surface area (Å²) in [6.45, 7) is 4.04. The molecule has 8 atom stereocenters. The first-order valence-electron chi connectivity index (χ1n) is 18.0. The van der Waals surface area contributed by atoms with Gasteiger partial charge < -0.3 is 14.9 Å². The van der Waals surface area contributed by atoms with Gasteiger partial charge in [0.2, 0.25) is 10.0 Å². The highest BCUT2D eigenvalue weighted by Crippen LogP contribution is 2.78. The maximum absolute atomic E-state index is 15.0. The molecule has 2 bridgehead atoms. The second-order valence-corrected chi connectivity index (χ2v) is 19.6. The Hall–Kier alpha value is -3.03. The highest BCUT2D eigenvalue weighted by atomic mass is 32.2. The fourth-order valence-electron chi connectivity index (χ4n) is 11.4. The van der Waals surface area contributed by atoms with E-state index in [0.717, 1.165) is 46.9 Å². The zero-order valence-electron chi connectivity index (χ0n) is 29.4. The molecule has 2 spiro atoms. The second kappa shape index (κ2) is 11.7. The number of hydrogen-bond acceptors (Lipinski definition) is 7. The fourth-order valence-corrected chi connectivity index (χ4v) is 13.3. The topological polar surface area (TPSA) is 104 Å². The second-order valence-electron chi connectivity index (χ2n) is 16.5. The van der Waals surface area contributed by atoms with Crippen LogP contribution in [-0.4, -0.2) is 59.6 Å². The third kappa shape index (κ3) is 5.29. The maximum Gasteiger partial charge on any atom is 0.573 e. The number of halogens is 3. The third-order valence-corrected chi connectivity index (χ3v) is 16.3. The van der Waals surface area contributed by atoms with Crippen LogP contribution < -0.4 is 4.74 Å². The minimum absolute atomic E-state index is 0.0209. The van der Waals surface area contributed by atoms with Crippen molar-refractivity contribution in [1.29, 1.82) is 0 Å². The van der Waals surface area contributed by atoms with Gasteiger partial charge in [-0.3, -0.25) is 4.79 Å². The normalized spacial score (nSPS) is 36.7. The Kier molecular flexibility index (Phi) is 8.12. The van der Waals surface area contributed by atoms with E-state index in [-0.39, 0.29) is 36.1 Å². The lowest BCUT2D eigenvalue weighted by Crippen LogP contribution is -2.67. The van der Waals surface area contributed by atoms with Gasteiger partial charge in [0, 0.05) is 39.6 Å². The fraction of sp³-hybridized carbons (Fsp3) is 0.525. The summed E-state index contributed by atoms with van der Waals surface area (Å²) in [6.07, 6.45) is 6.73. The number of fused-ring (bicyclic) bond motifs is 2. The Balaban J connectivity index is 1.17. The smallest absolute Gasteiger partial charge is 0.406 e. The number of Topliss-reactive ketones (excluding diaryl/α,β-unsaturated/α-hetero) is 1. The van der Waals surface area contributed by atoms with Crippen LogP contribution in [0.2, 0.25) is 0 Å². The molecule has 0 radical (unpaired) electrons. The minimum atomic E-state index is -4.85. The van der Waals surface area contributed by atoms with Crippen molar-refractivity contribution in [3.8, 4) is 5.75 Å². The van der Waals surface area contributed by atoms with Gasteiger partial charge in [-0.1, -0.05) is 62.4 Å². The van der Waals surface area contributed by atoms with Crippen LogP contribution in [0.3, 0.4) is 0 Å². The van der Waals surface area contributed by atoms with Crippen molar-refractivity contribution in [2.75, 3.05) is 12.8 Å². The SMILES string of the molecule is CC12CCC(O)CC13C=CC1(C(C(=O)c4cc5ccccc5s4)=C3)C2CCC2(C)C1CCC2(O)CN(Cc1ccc(OC(F)(F)F)cc1)S(C)(=O)=O. The summed E-state index contributed by atoms with van der Waals surface area (Å²) in [5.41, 5.74) is -2.43. The number of benzene rings is 2. The van der Waals surface area contributed by atoms with E-state index in [4.69, 9.17) is 0 Å². The van der Waals surface area contributed by atoms with Crippen molar-refractivity contribution >= 4 is 37.2 Å². The van der Waals surface area contributed by atoms with Crippen LogP contribution in [0.4, 0.5) is 13.2 Å². The average Bonchev–Trinajstić information content (AvgIpc) is 3.62. The predicted octanol–water partition coefficient (Wildman–Crippen LogP) is 8.04. The highest BCUT2D eigenvalue weighted by Gasteiger charge is 2.74. The molecule has 12 heteroatoms. The summed E-state index contributed by atoms with van der Waals surface area (Å²) >= 11 is 1.48. The molecule has 6 aliphatic carbocycles. The number of hydrogen-bond donors (Lipinski definition) is 2. The van der Waals surface area contributed by atoms with Gasteiger partial charge in [-0.15, -0.1) is 24.5 Å². The molecule has 3 aromatic rings. The lowest BCUT2D eigenvalue weighted by atomic mass is 9.32. The van der Waals surface area contributed by atoms with Crippen molar-refractivity contribution in [1.82, 2.24) is 4.31 Å². The number of alkyl halides is 3. The number of ketones is 1. The monoisotopic (exact) mass is 755 g/mol. The number of carbonyl (C=O) groups excluding carboxylic acids is 1. The quantitative estimate of drug-likeness (QED) is 0.178. The number of aliphatic hydroxyl groups excluding tert-OH is 1. The van der Waals surface area contributed by atoms with Gasteiger partial charge in [0.25, 0.3) is 0 Å². The summed E-state index contributed by atoms with van der Waals surface area (Å²) in [7, 11) is -3.87. The minimum Gasteiger partial charge on any atom is -0.406 e. The molecule has 2 aromatic carbocycles. The van der Waals surface area contributed by atoms with Crippen molar-refractivity contribution in [2.24, 2.45) is 33.5 Å². The molecule has 3 fully saturated rings. The van der Waals surface area contributed by atoms with Gasteiger partial charge in [0.05, 0.1) is 22.8 Å². The standard InChI is InChI=1S/C40H44F3NO6S2/c1-35-15-12-27(45)21-37(35)18-19-39(29(22-37)34(46)31-20-26-6-4-5-7-30(26)51-31)32(35)13-16-36(2)33(39)14-17-38(36,47)24-44(52(3,48)49)23-25-8-10-28(11-9-25)50-40(41,42)43/h4-11,18-20,22,27,32-33,45,47H,12-17,21,23-24H2,1-3H3. The first-order valence-corrected chi connectivity index (χ1v) is 20.7. The van der Waals surface area contributed by atoms with Gasteiger partial charge in [0.15, 0.2) is 5.78 Å². The average molecular weight is 756 g/mol. The Bertz CT molecular complexity index is 2080. The Morgan fingerprint density at radius 3 is 2.35 bits per heavy atom. The molecule has 8 unspecified atom stereocenters. The van der Waals surface area contributed by atoms with E-state index in [9.17, 15) is 36.6 Å². The molecule has 52 heavy (non-hydrogen) atoms. The summed E-state index contributed by atoms with van der Waals surface area (Å²) in [5, 5.41) is 24.8. The molecule has 7 nitrogen and oxygen atoms in total. The van der Waals surface area contributed by atoms with Crippen molar-refractivity contribution in [3.63, 3.8) is 0 Å². The van der Waals surface area contributed by atoms with E-state index >= 15 is 0 Å². The third-order valence-electron chi connectivity index (χ3n) is 14.0. The molecule has 3 saturated carbocycles. The van der Waals surface area contributed by atoms with E-state index in [1.807, 2.05) is 30.3 Å². The van der Waals surface area contributed by atoms with Gasteiger partial charge in [-0.25, -0.2) is 8.42 Å². The lowest BCUT2D eigenvalue weighted by Gasteiger charge is -2.71. The lowest BCUT2D eigenvalue weighted by molar-refractivity contribution is -0.274. The zero-order chi connectivity index (χ0) is 37.1. The molecule has 1 aromatic heterocycles. The molecule has 0 amide bonds. The molecule has 0 saturated heterocycles. The first kappa shape index (κ1) is 36.0. The first-order chi connectivity index (χ1) is 24.3. The van der Waals surface area contributed by atoms with Crippen LogP contribution in [0.15, 0.2) is 78.4 Å². The van der Waals surface area contributed by atoms with E-state index < -0.39 is 50.1 Å². The van der Waals surface area contributed by atoms with Gasteiger partial charge in [-0.2, -0.15) is 4.31 Å². The van der Waals surface area contributed by atoms with Crippen LogP contribution in [0.5, 0.6) is 5.75 Å².